The van der Waals surface area contributed by atoms with Gasteiger partial charge in [0.25, 0.3) is 0 Å². The lowest BCUT2D eigenvalue weighted by atomic mass is 9.97. The zero-order valence-corrected chi connectivity index (χ0v) is 23.0. The molecule has 0 saturated heterocycles. The lowest BCUT2D eigenvalue weighted by Gasteiger charge is -2.26. The fourth-order valence-corrected chi connectivity index (χ4v) is 5.33. The summed E-state index contributed by atoms with van der Waals surface area (Å²) in [6, 6.07) is 12.8. The quantitative estimate of drug-likeness (QED) is 0.339. The lowest BCUT2D eigenvalue weighted by molar-refractivity contribution is -0.152. The third-order valence-corrected chi connectivity index (χ3v) is 7.91. The number of hydrogen-bond donors (Lipinski definition) is 1. The minimum absolute atomic E-state index is 0.0147. The van der Waals surface area contributed by atoms with E-state index in [1.807, 2.05) is 20.8 Å². The van der Waals surface area contributed by atoms with Crippen molar-refractivity contribution in [2.75, 3.05) is 12.9 Å². The minimum Gasteiger partial charge on any atom is -0.478 e. The molecule has 4 nitrogen and oxygen atoms in total. The van der Waals surface area contributed by atoms with E-state index in [1.165, 1.54) is 28.7 Å². The van der Waals surface area contributed by atoms with Gasteiger partial charge in [-0.2, -0.15) is 0 Å². The maximum Gasteiger partial charge on any atom is 0.347 e. The summed E-state index contributed by atoms with van der Waals surface area (Å²) in [6.45, 7) is 9.67. The first kappa shape index (κ1) is 27.6. The summed E-state index contributed by atoms with van der Waals surface area (Å²) in [4.78, 5) is 12.7. The van der Waals surface area contributed by atoms with Gasteiger partial charge in [-0.15, -0.1) is 11.8 Å². The number of carboxylic acids is 1. The molecule has 0 radical (unpaired) electrons. The molecule has 35 heavy (non-hydrogen) atoms. The van der Waals surface area contributed by atoms with E-state index in [0.29, 0.717) is 12.4 Å². The number of fused-ring (bicyclic) bond motifs is 1. The Morgan fingerprint density at radius 1 is 1.11 bits per heavy atom. The van der Waals surface area contributed by atoms with Gasteiger partial charge in [-0.3, -0.25) is 0 Å². The van der Waals surface area contributed by atoms with Crippen LogP contribution in [0.25, 0.3) is 0 Å². The van der Waals surface area contributed by atoms with Crippen LogP contribution in [0.15, 0.2) is 41.3 Å². The first-order chi connectivity index (χ1) is 16.6. The second-order valence-electron chi connectivity index (χ2n) is 10.4. The Hall–Kier alpha value is -1.98. The maximum absolute atomic E-state index is 11.4. The van der Waals surface area contributed by atoms with Crippen molar-refractivity contribution in [2.45, 2.75) is 89.7 Å². The van der Waals surface area contributed by atoms with Crippen molar-refractivity contribution in [3.63, 3.8) is 0 Å². The molecule has 0 spiro atoms. The molecular weight excluding hydrogens is 456 g/mol. The Morgan fingerprint density at radius 2 is 1.71 bits per heavy atom. The van der Waals surface area contributed by atoms with Gasteiger partial charge in [0.05, 0.1) is 6.10 Å². The van der Waals surface area contributed by atoms with Crippen molar-refractivity contribution in [3.05, 3.63) is 58.7 Å². The summed E-state index contributed by atoms with van der Waals surface area (Å²) in [7, 11) is 0. The number of aliphatic carboxylic acids is 1. The van der Waals surface area contributed by atoms with Crippen LogP contribution in [0, 0.1) is 25.7 Å². The second kappa shape index (κ2) is 12.3. The van der Waals surface area contributed by atoms with Crippen LogP contribution in [-0.2, 0) is 16.0 Å². The fourth-order valence-electron chi connectivity index (χ4n) is 4.93. The van der Waals surface area contributed by atoms with Crippen LogP contribution in [0.1, 0.15) is 81.2 Å². The van der Waals surface area contributed by atoms with Crippen LogP contribution < -0.4 is 4.74 Å². The second-order valence-corrected chi connectivity index (χ2v) is 11.3. The molecule has 192 valence electrons. The Morgan fingerprint density at radius 3 is 2.14 bits per heavy atom. The SMILES string of the molecule is C1CC2CC2C1.CCOC(CCc1ccc(SC)cc1)c1cc(C)c(OC(C)(C)C(=O)O)c(C)c1. The van der Waals surface area contributed by atoms with Crippen molar-refractivity contribution >= 4 is 17.7 Å². The smallest absolute Gasteiger partial charge is 0.347 e. The minimum atomic E-state index is -1.28. The predicted molar refractivity (Wildman–Crippen MR) is 145 cm³/mol. The van der Waals surface area contributed by atoms with Crippen molar-refractivity contribution in [2.24, 2.45) is 11.8 Å². The zero-order valence-electron chi connectivity index (χ0n) is 22.2. The van der Waals surface area contributed by atoms with Crippen molar-refractivity contribution < 1.29 is 19.4 Å². The van der Waals surface area contributed by atoms with Gasteiger partial charge >= 0.3 is 5.97 Å². The maximum atomic E-state index is 11.4. The summed E-state index contributed by atoms with van der Waals surface area (Å²) in [5, 5.41) is 9.36. The summed E-state index contributed by atoms with van der Waals surface area (Å²) < 4.78 is 11.9. The van der Waals surface area contributed by atoms with Crippen LogP contribution >= 0.6 is 11.8 Å². The molecule has 0 heterocycles. The van der Waals surface area contributed by atoms with Gasteiger partial charge in [-0.25, -0.2) is 4.79 Å². The average Bonchev–Trinajstić information content (AvgIpc) is 3.43. The van der Waals surface area contributed by atoms with Gasteiger partial charge in [-0.05, 0) is 118 Å². The number of hydrogen-bond acceptors (Lipinski definition) is 4. The molecule has 1 N–H and O–H groups in total. The molecule has 2 aliphatic rings. The van der Waals surface area contributed by atoms with Crippen molar-refractivity contribution in [3.8, 4) is 5.75 Å². The number of ether oxygens (including phenoxy) is 2. The summed E-state index contributed by atoms with van der Waals surface area (Å²) in [6.07, 6.45) is 10.1. The molecule has 0 amide bonds. The van der Waals surface area contributed by atoms with E-state index in [-0.39, 0.29) is 6.10 Å². The molecule has 3 unspecified atom stereocenters. The highest BCUT2D eigenvalue weighted by molar-refractivity contribution is 7.98. The van der Waals surface area contributed by atoms with Crippen LogP contribution in [0.5, 0.6) is 5.75 Å². The van der Waals surface area contributed by atoms with E-state index in [4.69, 9.17) is 9.47 Å². The number of carbonyl (C=O) groups is 1. The average molecular weight is 499 g/mol. The topological polar surface area (TPSA) is 55.8 Å². The molecule has 2 saturated carbocycles. The number of carboxylic acid groups (broad SMARTS) is 1. The van der Waals surface area contributed by atoms with Gasteiger partial charge in [0.15, 0.2) is 5.60 Å². The normalized spacial score (nSPS) is 19.4. The first-order valence-corrected chi connectivity index (χ1v) is 14.1. The molecule has 2 aliphatic carbocycles. The van der Waals surface area contributed by atoms with Gasteiger partial charge in [0.1, 0.15) is 5.75 Å². The third-order valence-electron chi connectivity index (χ3n) is 7.17. The Labute approximate surface area is 215 Å². The van der Waals surface area contributed by atoms with E-state index in [1.54, 1.807) is 44.9 Å². The molecule has 0 aromatic heterocycles. The highest BCUT2D eigenvalue weighted by Gasteiger charge is 2.40. The van der Waals surface area contributed by atoms with Gasteiger partial charge in [-0.1, -0.05) is 31.4 Å². The highest BCUT2D eigenvalue weighted by atomic mass is 32.2. The Balaban J connectivity index is 0.000000485. The monoisotopic (exact) mass is 498 g/mol. The van der Waals surface area contributed by atoms with Crippen molar-refractivity contribution in [1.29, 1.82) is 0 Å². The molecule has 2 aromatic carbocycles. The standard InChI is InChI=1S/C24H32O4S.C6H10/c1-7-27-21(13-10-18-8-11-20(29-6)12-9-18)19-14-16(2)22(17(3)15-19)28-24(4,5)23(25)26;1-2-5-4-6(5)3-1/h8-9,11-12,14-15,21H,7,10,13H2,1-6H3,(H,25,26);5-6H,1-4H2. The molecule has 2 fully saturated rings. The number of thioether (sulfide) groups is 1. The van der Waals surface area contributed by atoms with Crippen LogP contribution in [0.2, 0.25) is 0 Å². The molecule has 0 aliphatic heterocycles. The predicted octanol–water partition coefficient (Wildman–Crippen LogP) is 7.78. The summed E-state index contributed by atoms with van der Waals surface area (Å²) in [5.74, 6) is 2.07. The number of rotatable bonds is 10. The number of benzene rings is 2. The highest BCUT2D eigenvalue weighted by Crippen LogP contribution is 2.51. The molecular formula is C30H42O4S. The van der Waals surface area contributed by atoms with E-state index in [0.717, 1.165) is 29.5 Å². The van der Waals surface area contributed by atoms with Gasteiger partial charge < -0.3 is 14.6 Å². The molecule has 5 heteroatoms. The summed E-state index contributed by atoms with van der Waals surface area (Å²) >= 11 is 1.74. The lowest BCUT2D eigenvalue weighted by Crippen LogP contribution is -2.38. The molecule has 2 aromatic rings. The molecule has 4 rings (SSSR count). The fraction of sp³-hybridized carbons (Fsp3) is 0.567. The zero-order chi connectivity index (χ0) is 25.6. The largest absolute Gasteiger partial charge is 0.478 e. The van der Waals surface area contributed by atoms with Crippen LogP contribution in [0.4, 0.5) is 0 Å². The van der Waals surface area contributed by atoms with Gasteiger partial charge in [0.2, 0.25) is 0 Å². The van der Waals surface area contributed by atoms with Gasteiger partial charge in [0, 0.05) is 11.5 Å². The molecule has 3 atom stereocenters. The number of aryl methyl sites for hydroxylation is 3. The summed E-state index contributed by atoms with van der Waals surface area (Å²) in [5.41, 5.74) is 2.96. The van der Waals surface area contributed by atoms with E-state index >= 15 is 0 Å². The first-order valence-electron chi connectivity index (χ1n) is 12.9. The van der Waals surface area contributed by atoms with E-state index < -0.39 is 11.6 Å². The Kier molecular flexibility index (Phi) is 9.71. The van der Waals surface area contributed by atoms with Crippen LogP contribution in [-0.4, -0.2) is 29.5 Å². The van der Waals surface area contributed by atoms with Crippen LogP contribution in [0.3, 0.4) is 0 Å². The van der Waals surface area contributed by atoms with E-state index in [2.05, 4.69) is 42.7 Å². The molecule has 0 bridgehead atoms. The van der Waals surface area contributed by atoms with Crippen molar-refractivity contribution in [1.82, 2.24) is 0 Å². The Bertz CT molecular complexity index is 951. The van der Waals surface area contributed by atoms with E-state index in [9.17, 15) is 9.90 Å². The third kappa shape index (κ3) is 7.75.